The maximum atomic E-state index is 9.25. The fraction of sp³-hybridized carbons (Fsp3) is 0.200. The molecule has 0 aliphatic heterocycles. The second kappa shape index (κ2) is 9.96. The van der Waals surface area contributed by atoms with Gasteiger partial charge in [0.15, 0.2) is 0 Å². The summed E-state index contributed by atoms with van der Waals surface area (Å²) in [6, 6.07) is 0. The number of rotatable bonds is 2. The SMILES string of the molecule is C=CC(=O)O.NCC=O. The third-order valence-corrected chi connectivity index (χ3v) is 0.271. The number of carboxylic acid groups (broad SMARTS) is 1. The van der Waals surface area contributed by atoms with Crippen LogP contribution in [0.4, 0.5) is 0 Å². The first kappa shape index (κ1) is 10.8. The normalized spacial score (nSPS) is 6.33. The number of aldehydes is 1. The molecule has 0 aromatic carbocycles. The van der Waals surface area contributed by atoms with Crippen molar-refractivity contribution >= 4 is 12.3 Å². The van der Waals surface area contributed by atoms with Gasteiger partial charge in [-0.3, -0.25) is 0 Å². The van der Waals surface area contributed by atoms with Gasteiger partial charge < -0.3 is 15.6 Å². The van der Waals surface area contributed by atoms with Crippen molar-refractivity contribution in [3.05, 3.63) is 12.7 Å². The predicted octanol–water partition coefficient (Wildman–Crippen LogP) is -0.599. The third kappa shape index (κ3) is 47.3. The minimum atomic E-state index is -0.981. The Morgan fingerprint density at radius 3 is 2.00 bits per heavy atom. The fourth-order valence-corrected chi connectivity index (χ4v) is 0. The first-order chi connectivity index (χ1) is 4.18. The number of carbonyl (C=O) groups excluding carboxylic acids is 1. The Kier molecular flexibility index (Phi) is 11.9. The first-order valence-corrected chi connectivity index (χ1v) is 2.18. The number of hydrogen-bond acceptors (Lipinski definition) is 3. The summed E-state index contributed by atoms with van der Waals surface area (Å²) < 4.78 is 0. The van der Waals surface area contributed by atoms with E-state index in [9.17, 15) is 4.79 Å². The molecule has 4 nitrogen and oxygen atoms in total. The van der Waals surface area contributed by atoms with Gasteiger partial charge in [0.2, 0.25) is 0 Å². The molecule has 52 valence electrons. The maximum absolute atomic E-state index is 9.25. The van der Waals surface area contributed by atoms with Crippen molar-refractivity contribution in [1.29, 1.82) is 0 Å². The average molecular weight is 131 g/mol. The lowest BCUT2D eigenvalue weighted by molar-refractivity contribution is -0.131. The zero-order valence-electron chi connectivity index (χ0n) is 4.91. The van der Waals surface area contributed by atoms with E-state index in [0.29, 0.717) is 6.29 Å². The molecule has 4 heteroatoms. The van der Waals surface area contributed by atoms with Gasteiger partial charge in [0, 0.05) is 12.6 Å². The highest BCUT2D eigenvalue weighted by Gasteiger charge is 1.73. The molecule has 0 fully saturated rings. The lowest BCUT2D eigenvalue weighted by atomic mass is 10.7. The fourth-order valence-electron chi connectivity index (χ4n) is 0. The molecule has 9 heavy (non-hydrogen) atoms. The summed E-state index contributed by atoms with van der Waals surface area (Å²) in [7, 11) is 0. The summed E-state index contributed by atoms with van der Waals surface area (Å²) in [6.07, 6.45) is 1.49. The van der Waals surface area contributed by atoms with E-state index in [1.54, 1.807) is 0 Å². The number of aliphatic carboxylic acids is 1. The summed E-state index contributed by atoms with van der Waals surface area (Å²) in [4.78, 5) is 18.3. The van der Waals surface area contributed by atoms with E-state index in [2.05, 4.69) is 12.3 Å². The van der Waals surface area contributed by atoms with E-state index >= 15 is 0 Å². The quantitative estimate of drug-likeness (QED) is 0.387. The smallest absolute Gasteiger partial charge is 0.327 e. The van der Waals surface area contributed by atoms with Crippen LogP contribution in [0.25, 0.3) is 0 Å². The zero-order chi connectivity index (χ0) is 7.70. The summed E-state index contributed by atoms with van der Waals surface area (Å²) >= 11 is 0. The van der Waals surface area contributed by atoms with Crippen molar-refractivity contribution < 1.29 is 14.7 Å². The molecule has 0 radical (unpaired) electrons. The summed E-state index contributed by atoms with van der Waals surface area (Å²) in [5.74, 6) is -0.981. The van der Waals surface area contributed by atoms with Crippen molar-refractivity contribution in [3.8, 4) is 0 Å². The van der Waals surface area contributed by atoms with Crippen LogP contribution in [0.5, 0.6) is 0 Å². The van der Waals surface area contributed by atoms with Gasteiger partial charge in [-0.15, -0.1) is 0 Å². The Labute approximate surface area is 53.0 Å². The van der Waals surface area contributed by atoms with Gasteiger partial charge >= 0.3 is 5.97 Å². The van der Waals surface area contributed by atoms with Crippen molar-refractivity contribution in [2.24, 2.45) is 5.73 Å². The van der Waals surface area contributed by atoms with Crippen LogP contribution in [0.1, 0.15) is 0 Å². The number of carboxylic acids is 1. The van der Waals surface area contributed by atoms with E-state index in [4.69, 9.17) is 9.90 Å². The van der Waals surface area contributed by atoms with Crippen LogP contribution in [-0.4, -0.2) is 23.9 Å². The highest BCUT2D eigenvalue weighted by Crippen LogP contribution is 1.54. The topological polar surface area (TPSA) is 80.4 Å². The highest BCUT2D eigenvalue weighted by molar-refractivity contribution is 5.78. The molecule has 0 rings (SSSR count). The molecule has 0 aliphatic rings. The molecule has 0 saturated heterocycles. The Morgan fingerprint density at radius 2 is 2.00 bits per heavy atom. The van der Waals surface area contributed by atoms with Gasteiger partial charge in [-0.2, -0.15) is 0 Å². The Hall–Kier alpha value is -1.16. The number of hydrogen-bond donors (Lipinski definition) is 2. The Balaban J connectivity index is 0. The minimum absolute atomic E-state index is 0.139. The lowest BCUT2D eigenvalue weighted by Gasteiger charge is -1.64. The minimum Gasteiger partial charge on any atom is -0.478 e. The molecule has 3 N–H and O–H groups in total. The molecule has 0 amide bonds. The van der Waals surface area contributed by atoms with Crippen LogP contribution in [0.2, 0.25) is 0 Å². The molecule has 0 heterocycles. The predicted molar refractivity (Wildman–Crippen MR) is 33.0 cm³/mol. The van der Waals surface area contributed by atoms with Gasteiger partial charge in [0.25, 0.3) is 0 Å². The molecule has 0 aromatic rings. The third-order valence-electron chi connectivity index (χ3n) is 0.271. The van der Waals surface area contributed by atoms with Crippen molar-refractivity contribution in [3.63, 3.8) is 0 Å². The van der Waals surface area contributed by atoms with Crippen LogP contribution in [0.15, 0.2) is 12.7 Å². The number of nitrogens with two attached hydrogens (primary N) is 1. The molecular formula is C5H9NO3. The summed E-state index contributed by atoms with van der Waals surface area (Å²) in [5, 5.41) is 7.60. The summed E-state index contributed by atoms with van der Waals surface area (Å²) in [5.41, 5.74) is 4.66. The molecule has 0 bridgehead atoms. The molecular weight excluding hydrogens is 122 g/mol. The maximum Gasteiger partial charge on any atom is 0.327 e. The number of carbonyl (C=O) groups is 2. The van der Waals surface area contributed by atoms with Crippen LogP contribution in [-0.2, 0) is 9.59 Å². The second-order valence-electron chi connectivity index (χ2n) is 0.945. The molecule has 0 atom stereocenters. The second-order valence-corrected chi connectivity index (χ2v) is 0.945. The zero-order valence-corrected chi connectivity index (χ0v) is 4.91. The van der Waals surface area contributed by atoms with Crippen LogP contribution < -0.4 is 5.73 Å². The van der Waals surface area contributed by atoms with E-state index in [-0.39, 0.29) is 6.54 Å². The highest BCUT2D eigenvalue weighted by atomic mass is 16.4. The average Bonchev–Trinajstić information content (AvgIpc) is 1.89. The van der Waals surface area contributed by atoms with Gasteiger partial charge in [-0.05, 0) is 0 Å². The van der Waals surface area contributed by atoms with Gasteiger partial charge in [0.1, 0.15) is 6.29 Å². The van der Waals surface area contributed by atoms with Gasteiger partial charge in [0.05, 0.1) is 0 Å². The van der Waals surface area contributed by atoms with E-state index < -0.39 is 5.97 Å². The van der Waals surface area contributed by atoms with E-state index in [1.807, 2.05) is 0 Å². The van der Waals surface area contributed by atoms with E-state index in [1.165, 1.54) is 0 Å². The van der Waals surface area contributed by atoms with Crippen LogP contribution in [0, 0.1) is 0 Å². The molecule has 0 aliphatic carbocycles. The molecule has 0 unspecified atom stereocenters. The summed E-state index contributed by atoms with van der Waals surface area (Å²) in [6.45, 7) is 3.10. The standard InChI is InChI=1S/C3H4O2.C2H5NO/c1-2-3(4)5;3-1-2-4/h2H,1H2,(H,4,5);2H,1,3H2. The van der Waals surface area contributed by atoms with Gasteiger partial charge in [-0.1, -0.05) is 6.58 Å². The Bertz CT molecular complexity index is 100. The molecule has 0 aromatic heterocycles. The van der Waals surface area contributed by atoms with Crippen molar-refractivity contribution in [1.82, 2.24) is 0 Å². The van der Waals surface area contributed by atoms with Crippen molar-refractivity contribution in [2.75, 3.05) is 6.54 Å². The van der Waals surface area contributed by atoms with E-state index in [0.717, 1.165) is 6.08 Å². The lowest BCUT2D eigenvalue weighted by Crippen LogP contribution is -1.97. The van der Waals surface area contributed by atoms with Crippen molar-refractivity contribution in [2.45, 2.75) is 0 Å². The first-order valence-electron chi connectivity index (χ1n) is 2.18. The van der Waals surface area contributed by atoms with Crippen LogP contribution in [0.3, 0.4) is 0 Å². The monoisotopic (exact) mass is 131 g/mol. The van der Waals surface area contributed by atoms with Gasteiger partial charge in [-0.25, -0.2) is 4.79 Å². The Morgan fingerprint density at radius 1 is 1.78 bits per heavy atom. The van der Waals surface area contributed by atoms with Crippen LogP contribution >= 0.6 is 0 Å². The molecule has 0 saturated carbocycles. The largest absolute Gasteiger partial charge is 0.478 e. The molecule has 0 spiro atoms.